The lowest BCUT2D eigenvalue weighted by Gasteiger charge is -2.13. The molecule has 3 aromatic carbocycles. The average Bonchev–Trinajstić information content (AvgIpc) is 2.77. The largest absolute Gasteiger partial charge is 0.497 e. The van der Waals surface area contributed by atoms with Gasteiger partial charge >= 0.3 is 5.63 Å². The molecule has 4 rings (SSSR count). The van der Waals surface area contributed by atoms with Crippen molar-refractivity contribution in [1.29, 1.82) is 0 Å². The highest BCUT2D eigenvalue weighted by molar-refractivity contribution is 6.05. The number of aliphatic hydroxyl groups excluding tert-OH is 1. The van der Waals surface area contributed by atoms with Crippen molar-refractivity contribution in [2.24, 2.45) is 0 Å². The molecule has 0 saturated carbocycles. The van der Waals surface area contributed by atoms with Crippen LogP contribution in [-0.2, 0) is 6.61 Å². The summed E-state index contributed by atoms with van der Waals surface area (Å²) in [7, 11) is 3.18. The van der Waals surface area contributed by atoms with E-state index in [4.69, 9.17) is 18.6 Å². The lowest BCUT2D eigenvalue weighted by molar-refractivity contribution is 0.199. The first-order chi connectivity index (χ1) is 14.5. The minimum atomic E-state index is -0.675. The maximum absolute atomic E-state index is 12.5. The van der Waals surface area contributed by atoms with Crippen molar-refractivity contribution >= 4 is 21.7 Å². The van der Waals surface area contributed by atoms with E-state index in [1.54, 1.807) is 45.4 Å². The van der Waals surface area contributed by atoms with Gasteiger partial charge in [-0.15, -0.1) is 0 Å². The van der Waals surface area contributed by atoms with Gasteiger partial charge in [0.1, 0.15) is 17.9 Å². The molecule has 30 heavy (non-hydrogen) atoms. The van der Waals surface area contributed by atoms with Gasteiger partial charge < -0.3 is 23.7 Å². The number of aliphatic hydroxyl groups is 1. The number of hydrogen-bond donors (Lipinski definition) is 1. The normalized spacial score (nSPS) is 12.1. The predicted molar refractivity (Wildman–Crippen MR) is 115 cm³/mol. The number of fused-ring (bicyclic) bond motifs is 3. The van der Waals surface area contributed by atoms with Crippen molar-refractivity contribution in [2.75, 3.05) is 14.2 Å². The predicted octanol–water partition coefficient (Wildman–Crippen LogP) is 4.60. The van der Waals surface area contributed by atoms with Crippen LogP contribution in [0.1, 0.15) is 24.2 Å². The Balaban J connectivity index is 1.77. The molecule has 6 nitrogen and oxygen atoms in total. The molecule has 4 aromatic rings. The lowest BCUT2D eigenvalue weighted by atomic mass is 10.0. The molecule has 154 valence electrons. The van der Waals surface area contributed by atoms with Gasteiger partial charge in [-0.25, -0.2) is 4.79 Å². The van der Waals surface area contributed by atoms with Crippen molar-refractivity contribution in [3.05, 3.63) is 76.1 Å². The zero-order chi connectivity index (χ0) is 21.3. The zero-order valence-corrected chi connectivity index (χ0v) is 17.0. The van der Waals surface area contributed by atoms with Crippen LogP contribution in [0, 0.1) is 0 Å². The van der Waals surface area contributed by atoms with Crippen LogP contribution in [0.15, 0.2) is 63.8 Å². The number of methoxy groups -OCH3 is 2. The number of benzene rings is 3. The molecule has 1 aromatic heterocycles. The first-order valence-corrected chi connectivity index (χ1v) is 9.52. The minimum Gasteiger partial charge on any atom is -0.497 e. The Bertz CT molecular complexity index is 1270. The van der Waals surface area contributed by atoms with E-state index < -0.39 is 11.7 Å². The summed E-state index contributed by atoms with van der Waals surface area (Å²) in [6, 6.07) is 16.3. The summed E-state index contributed by atoms with van der Waals surface area (Å²) in [5.41, 5.74) is 1.52. The van der Waals surface area contributed by atoms with Crippen molar-refractivity contribution in [2.45, 2.75) is 19.6 Å². The Kier molecular flexibility index (Phi) is 5.33. The summed E-state index contributed by atoms with van der Waals surface area (Å²) >= 11 is 0. The minimum absolute atomic E-state index is 0.300. The molecule has 0 amide bonds. The molecule has 1 atom stereocenters. The number of rotatable bonds is 6. The molecule has 0 aliphatic heterocycles. The molecule has 0 radical (unpaired) electrons. The Labute approximate surface area is 173 Å². The van der Waals surface area contributed by atoms with Crippen molar-refractivity contribution in [3.8, 4) is 17.2 Å². The molecule has 0 fully saturated rings. The summed E-state index contributed by atoms with van der Waals surface area (Å²) in [6.07, 6.45) is -0.675. The van der Waals surface area contributed by atoms with E-state index in [-0.39, 0.29) is 0 Å². The Morgan fingerprint density at radius 2 is 1.77 bits per heavy atom. The van der Waals surface area contributed by atoms with Crippen LogP contribution in [-0.4, -0.2) is 19.3 Å². The highest BCUT2D eigenvalue weighted by atomic mass is 16.5. The average molecular weight is 406 g/mol. The van der Waals surface area contributed by atoms with E-state index in [1.165, 1.54) is 0 Å². The second-order valence-corrected chi connectivity index (χ2v) is 7.01. The van der Waals surface area contributed by atoms with E-state index in [0.29, 0.717) is 34.6 Å². The fraction of sp³-hybridized carbons (Fsp3) is 0.208. The van der Waals surface area contributed by atoms with Gasteiger partial charge in [0.25, 0.3) is 0 Å². The van der Waals surface area contributed by atoms with E-state index >= 15 is 0 Å². The first-order valence-electron chi connectivity index (χ1n) is 9.52. The third kappa shape index (κ3) is 3.69. The van der Waals surface area contributed by atoms with Gasteiger partial charge in [0.2, 0.25) is 0 Å². The summed E-state index contributed by atoms with van der Waals surface area (Å²) < 4.78 is 22.3. The molecule has 0 saturated heterocycles. The molecule has 0 aliphatic rings. The third-order valence-electron chi connectivity index (χ3n) is 5.03. The molecule has 0 aliphatic carbocycles. The van der Waals surface area contributed by atoms with Crippen LogP contribution in [0.5, 0.6) is 17.2 Å². The van der Waals surface area contributed by atoms with Gasteiger partial charge in [-0.1, -0.05) is 24.3 Å². The molecular formula is C24H22O6. The van der Waals surface area contributed by atoms with Crippen molar-refractivity contribution in [1.82, 2.24) is 0 Å². The summed E-state index contributed by atoms with van der Waals surface area (Å²) in [5.74, 6) is 1.74. The van der Waals surface area contributed by atoms with Crippen LogP contribution in [0.3, 0.4) is 0 Å². The smallest absolute Gasteiger partial charge is 0.344 e. The van der Waals surface area contributed by atoms with Crippen LogP contribution in [0.4, 0.5) is 0 Å². The van der Waals surface area contributed by atoms with E-state index in [2.05, 4.69) is 0 Å². The van der Waals surface area contributed by atoms with Crippen molar-refractivity contribution in [3.63, 3.8) is 0 Å². The van der Waals surface area contributed by atoms with Gasteiger partial charge in [-0.3, -0.25) is 0 Å². The number of ether oxygens (including phenoxy) is 3. The van der Waals surface area contributed by atoms with Gasteiger partial charge in [0.15, 0.2) is 11.5 Å². The fourth-order valence-electron chi connectivity index (χ4n) is 3.41. The third-order valence-corrected chi connectivity index (χ3v) is 5.03. The Morgan fingerprint density at radius 3 is 2.50 bits per heavy atom. The SMILES string of the molecule is COc1cccc(COc2cc3oc(=O)c4cc(C(C)O)ccc4c3cc2OC)c1. The molecule has 0 spiro atoms. The van der Waals surface area contributed by atoms with Gasteiger partial charge in [-0.05, 0) is 42.3 Å². The molecule has 1 N–H and O–H groups in total. The quantitative estimate of drug-likeness (QED) is 0.373. The Hall–Kier alpha value is -3.51. The second kappa shape index (κ2) is 8.08. The van der Waals surface area contributed by atoms with Gasteiger partial charge in [0.05, 0.1) is 25.7 Å². The number of hydrogen-bond acceptors (Lipinski definition) is 6. The maximum Gasteiger partial charge on any atom is 0.344 e. The monoisotopic (exact) mass is 406 g/mol. The first kappa shape index (κ1) is 19.8. The highest BCUT2D eigenvalue weighted by Gasteiger charge is 2.15. The van der Waals surface area contributed by atoms with Crippen molar-refractivity contribution < 1.29 is 23.7 Å². The Morgan fingerprint density at radius 1 is 0.933 bits per heavy atom. The summed E-state index contributed by atoms with van der Waals surface area (Å²) in [4.78, 5) is 12.5. The summed E-state index contributed by atoms with van der Waals surface area (Å²) in [5, 5.41) is 11.7. The fourth-order valence-corrected chi connectivity index (χ4v) is 3.41. The summed E-state index contributed by atoms with van der Waals surface area (Å²) in [6.45, 7) is 1.95. The van der Waals surface area contributed by atoms with Crippen LogP contribution < -0.4 is 19.8 Å². The van der Waals surface area contributed by atoms with Crippen LogP contribution in [0.2, 0.25) is 0 Å². The zero-order valence-electron chi connectivity index (χ0n) is 17.0. The standard InChI is InChI=1S/C24H22O6/c1-14(25)16-7-8-18-19-11-22(28-3)23(12-21(19)30-24(26)20(18)10-16)29-13-15-5-4-6-17(9-15)27-2/h4-12,14,25H,13H2,1-3H3. The molecule has 1 unspecified atom stereocenters. The van der Waals surface area contributed by atoms with E-state index in [1.807, 2.05) is 30.3 Å². The lowest BCUT2D eigenvalue weighted by Crippen LogP contribution is -2.03. The molecular weight excluding hydrogens is 384 g/mol. The topological polar surface area (TPSA) is 78.1 Å². The maximum atomic E-state index is 12.5. The molecule has 6 heteroatoms. The molecule has 0 bridgehead atoms. The van der Waals surface area contributed by atoms with E-state index in [9.17, 15) is 9.90 Å². The van der Waals surface area contributed by atoms with Crippen LogP contribution in [0.25, 0.3) is 21.7 Å². The molecule has 1 heterocycles. The highest BCUT2D eigenvalue weighted by Crippen LogP contribution is 2.36. The second-order valence-electron chi connectivity index (χ2n) is 7.01. The van der Waals surface area contributed by atoms with Gasteiger partial charge in [0, 0.05) is 16.8 Å². The van der Waals surface area contributed by atoms with Gasteiger partial charge in [-0.2, -0.15) is 0 Å². The van der Waals surface area contributed by atoms with Crippen LogP contribution >= 0.6 is 0 Å². The van der Waals surface area contributed by atoms with E-state index in [0.717, 1.165) is 22.1 Å².